The van der Waals surface area contributed by atoms with E-state index in [1.54, 1.807) is 7.11 Å². The molecule has 0 saturated carbocycles. The van der Waals surface area contributed by atoms with E-state index < -0.39 is 5.41 Å². The molecule has 1 atom stereocenters. The Morgan fingerprint density at radius 1 is 1.40 bits per heavy atom. The van der Waals surface area contributed by atoms with Gasteiger partial charge in [0.05, 0.1) is 12.0 Å². The molecule has 4 nitrogen and oxygen atoms in total. The van der Waals surface area contributed by atoms with Crippen LogP contribution < -0.4 is 5.32 Å². The summed E-state index contributed by atoms with van der Waals surface area (Å²) in [4.78, 5) is 14.6. The zero-order valence-electron chi connectivity index (χ0n) is 12.6. The van der Waals surface area contributed by atoms with Crippen LogP contribution in [-0.4, -0.2) is 44.2 Å². The summed E-state index contributed by atoms with van der Waals surface area (Å²) in [5.41, 5.74) is 0.766. The van der Waals surface area contributed by atoms with Gasteiger partial charge in [-0.15, -0.1) is 0 Å². The number of nitrogens with zero attached hydrogens (tertiary/aromatic N) is 1. The molecule has 4 heteroatoms. The standard InChI is InChI=1S/C16H24N2O2/c1-16(2,12-20-3)15(19)18-10-9-17-14(11-18)13-7-5-4-6-8-13/h4-8,14,17H,9-12H2,1-3H3/t14-/m0/s1. The molecule has 1 amide bonds. The third-order valence-electron chi connectivity index (χ3n) is 3.75. The summed E-state index contributed by atoms with van der Waals surface area (Å²) in [7, 11) is 1.64. The van der Waals surface area contributed by atoms with E-state index in [-0.39, 0.29) is 11.9 Å². The first-order chi connectivity index (χ1) is 9.54. The molecule has 1 aromatic carbocycles. The van der Waals surface area contributed by atoms with Crippen LogP contribution in [0.15, 0.2) is 30.3 Å². The first-order valence-corrected chi connectivity index (χ1v) is 7.11. The third-order valence-corrected chi connectivity index (χ3v) is 3.75. The SMILES string of the molecule is COCC(C)(C)C(=O)N1CCN[C@H](c2ccccc2)C1. The van der Waals surface area contributed by atoms with Gasteiger partial charge in [-0.25, -0.2) is 0 Å². The highest BCUT2D eigenvalue weighted by Crippen LogP contribution is 2.23. The smallest absolute Gasteiger partial charge is 0.230 e. The van der Waals surface area contributed by atoms with Crippen molar-refractivity contribution in [3.8, 4) is 0 Å². The van der Waals surface area contributed by atoms with Crippen LogP contribution in [0.25, 0.3) is 0 Å². The first-order valence-electron chi connectivity index (χ1n) is 7.11. The van der Waals surface area contributed by atoms with Crippen LogP contribution in [0.3, 0.4) is 0 Å². The number of benzene rings is 1. The molecule has 1 aromatic rings. The number of hydrogen-bond donors (Lipinski definition) is 1. The third kappa shape index (κ3) is 3.38. The maximum atomic E-state index is 12.6. The van der Waals surface area contributed by atoms with Crippen molar-refractivity contribution in [2.45, 2.75) is 19.9 Å². The van der Waals surface area contributed by atoms with Gasteiger partial charge in [-0.3, -0.25) is 4.79 Å². The summed E-state index contributed by atoms with van der Waals surface area (Å²) in [5, 5.41) is 3.48. The fourth-order valence-corrected chi connectivity index (χ4v) is 2.69. The van der Waals surface area contributed by atoms with Crippen LogP contribution in [0.5, 0.6) is 0 Å². The number of carbonyl (C=O) groups excluding carboxylic acids is 1. The quantitative estimate of drug-likeness (QED) is 0.912. The highest BCUT2D eigenvalue weighted by molar-refractivity contribution is 5.82. The lowest BCUT2D eigenvalue weighted by molar-refractivity contribution is -0.144. The summed E-state index contributed by atoms with van der Waals surface area (Å²) in [6.45, 7) is 6.64. The van der Waals surface area contributed by atoms with Crippen LogP contribution in [0.2, 0.25) is 0 Å². The molecule has 2 rings (SSSR count). The number of hydrogen-bond acceptors (Lipinski definition) is 3. The van der Waals surface area contributed by atoms with Crippen LogP contribution in [0.4, 0.5) is 0 Å². The molecule has 0 unspecified atom stereocenters. The number of carbonyl (C=O) groups is 1. The second-order valence-electron chi connectivity index (χ2n) is 5.99. The minimum atomic E-state index is -0.465. The Bertz CT molecular complexity index is 445. The molecule has 1 aliphatic rings. The first kappa shape index (κ1) is 15.0. The van der Waals surface area contributed by atoms with Crippen molar-refractivity contribution < 1.29 is 9.53 Å². The van der Waals surface area contributed by atoms with E-state index >= 15 is 0 Å². The molecular weight excluding hydrogens is 252 g/mol. The molecule has 0 bridgehead atoms. The van der Waals surface area contributed by atoms with Crippen LogP contribution >= 0.6 is 0 Å². The summed E-state index contributed by atoms with van der Waals surface area (Å²) in [5.74, 6) is 0.168. The minimum absolute atomic E-state index is 0.168. The number of nitrogens with one attached hydrogen (secondary N) is 1. The average Bonchev–Trinajstić information content (AvgIpc) is 2.47. The second-order valence-corrected chi connectivity index (χ2v) is 5.99. The molecule has 1 heterocycles. The second kappa shape index (κ2) is 6.37. The maximum absolute atomic E-state index is 12.6. The predicted molar refractivity (Wildman–Crippen MR) is 79.4 cm³/mol. The summed E-state index contributed by atoms with van der Waals surface area (Å²) < 4.78 is 5.17. The van der Waals surface area contributed by atoms with Gasteiger partial charge in [0, 0.05) is 32.8 Å². The largest absolute Gasteiger partial charge is 0.384 e. The Hall–Kier alpha value is -1.39. The van der Waals surface area contributed by atoms with Crippen LogP contribution in [0.1, 0.15) is 25.5 Å². The summed E-state index contributed by atoms with van der Waals surface area (Å²) in [6.07, 6.45) is 0. The van der Waals surface area contributed by atoms with E-state index in [4.69, 9.17) is 4.74 Å². The van der Waals surface area contributed by atoms with Crippen molar-refractivity contribution in [3.05, 3.63) is 35.9 Å². The molecule has 20 heavy (non-hydrogen) atoms. The van der Waals surface area contributed by atoms with Gasteiger partial charge < -0.3 is 15.0 Å². The molecule has 0 spiro atoms. The van der Waals surface area contributed by atoms with Crippen LogP contribution in [0, 0.1) is 5.41 Å². The highest BCUT2D eigenvalue weighted by Gasteiger charge is 2.34. The normalized spacial score (nSPS) is 19.9. The molecule has 1 fully saturated rings. The monoisotopic (exact) mass is 276 g/mol. The maximum Gasteiger partial charge on any atom is 0.230 e. The Morgan fingerprint density at radius 3 is 2.75 bits per heavy atom. The van der Waals surface area contributed by atoms with Crippen molar-refractivity contribution in [3.63, 3.8) is 0 Å². The molecular formula is C16H24N2O2. The lowest BCUT2D eigenvalue weighted by Gasteiger charge is -2.38. The van der Waals surface area contributed by atoms with Crippen molar-refractivity contribution in [2.24, 2.45) is 5.41 Å². The van der Waals surface area contributed by atoms with Crippen LogP contribution in [-0.2, 0) is 9.53 Å². The Morgan fingerprint density at radius 2 is 2.10 bits per heavy atom. The van der Waals surface area contributed by atoms with Gasteiger partial charge in [0.15, 0.2) is 0 Å². The zero-order chi connectivity index (χ0) is 14.6. The van der Waals surface area contributed by atoms with E-state index in [1.807, 2.05) is 36.9 Å². The fraction of sp³-hybridized carbons (Fsp3) is 0.562. The van der Waals surface area contributed by atoms with Gasteiger partial charge in [-0.05, 0) is 19.4 Å². The molecule has 0 aromatic heterocycles. The van der Waals surface area contributed by atoms with Crippen molar-refractivity contribution in [2.75, 3.05) is 33.4 Å². The molecule has 1 N–H and O–H groups in total. The number of ether oxygens (including phenoxy) is 1. The Kier molecular flexibility index (Phi) is 4.78. The van der Waals surface area contributed by atoms with Crippen molar-refractivity contribution in [1.29, 1.82) is 0 Å². The van der Waals surface area contributed by atoms with Gasteiger partial charge in [0.1, 0.15) is 0 Å². The van der Waals surface area contributed by atoms with Gasteiger partial charge in [-0.2, -0.15) is 0 Å². The van der Waals surface area contributed by atoms with E-state index in [1.165, 1.54) is 5.56 Å². The van der Waals surface area contributed by atoms with E-state index in [9.17, 15) is 4.79 Å². The molecule has 1 aliphatic heterocycles. The molecule has 0 aliphatic carbocycles. The van der Waals surface area contributed by atoms with Gasteiger partial charge in [0.25, 0.3) is 0 Å². The molecule has 1 saturated heterocycles. The number of methoxy groups -OCH3 is 1. The predicted octanol–water partition coefficient (Wildman–Crippen LogP) is 1.83. The molecule has 0 radical (unpaired) electrons. The molecule has 110 valence electrons. The Balaban J connectivity index is 2.05. The van der Waals surface area contributed by atoms with E-state index in [2.05, 4.69) is 17.4 Å². The van der Waals surface area contributed by atoms with Gasteiger partial charge in [0.2, 0.25) is 5.91 Å². The van der Waals surface area contributed by atoms with Crippen molar-refractivity contribution >= 4 is 5.91 Å². The summed E-state index contributed by atoms with van der Waals surface area (Å²) in [6, 6.07) is 10.5. The van der Waals surface area contributed by atoms with Gasteiger partial charge in [-0.1, -0.05) is 30.3 Å². The van der Waals surface area contributed by atoms with E-state index in [0.29, 0.717) is 6.61 Å². The number of piperazine rings is 1. The highest BCUT2D eigenvalue weighted by atomic mass is 16.5. The number of amides is 1. The lowest BCUT2D eigenvalue weighted by atomic mass is 9.91. The van der Waals surface area contributed by atoms with Gasteiger partial charge >= 0.3 is 0 Å². The fourth-order valence-electron chi connectivity index (χ4n) is 2.69. The number of rotatable bonds is 4. The minimum Gasteiger partial charge on any atom is -0.384 e. The topological polar surface area (TPSA) is 41.6 Å². The average molecular weight is 276 g/mol. The Labute approximate surface area is 121 Å². The van der Waals surface area contributed by atoms with Crippen molar-refractivity contribution in [1.82, 2.24) is 10.2 Å². The summed E-state index contributed by atoms with van der Waals surface area (Å²) >= 11 is 0. The lowest BCUT2D eigenvalue weighted by Crippen LogP contribution is -2.52. The zero-order valence-corrected chi connectivity index (χ0v) is 12.6. The van der Waals surface area contributed by atoms with E-state index in [0.717, 1.165) is 19.6 Å².